The van der Waals surface area contributed by atoms with E-state index in [4.69, 9.17) is 15.3 Å². The molecule has 0 saturated carbocycles. The number of hydrogen-bond acceptors (Lipinski definition) is 2. The van der Waals surface area contributed by atoms with Crippen molar-refractivity contribution in [3.63, 3.8) is 0 Å². The molecule has 0 aromatic heterocycles. The van der Waals surface area contributed by atoms with Gasteiger partial charge < -0.3 is 5.21 Å². The predicted octanol–water partition coefficient (Wildman–Crippen LogP) is 2.48. The highest BCUT2D eigenvalue weighted by atomic mass is 31.0. The summed E-state index contributed by atoms with van der Waals surface area (Å²) in [5, 5.41) is 14.2. The Labute approximate surface area is 75.7 Å². The molecule has 1 N–H and O–H groups in total. The predicted molar refractivity (Wildman–Crippen MR) is 52.1 cm³/mol. The zero-order chi connectivity index (χ0) is 10.2. The van der Waals surface area contributed by atoms with Crippen LogP contribution in [0.3, 0.4) is 0 Å². The topological polar surface area (TPSA) is 63.4 Å². The number of hydrogen-bond donors (Lipinski definition) is 1. The van der Waals surface area contributed by atoms with Gasteiger partial charge in [0.15, 0.2) is 0 Å². The molecule has 0 aliphatic rings. The van der Waals surface area contributed by atoms with Crippen molar-refractivity contribution in [2.24, 2.45) is 0 Å². The molecule has 0 bridgehead atoms. The summed E-state index contributed by atoms with van der Waals surface area (Å²) in [6.07, 6.45) is 3.85. The lowest BCUT2D eigenvalue weighted by Gasteiger charge is -2.23. The van der Waals surface area contributed by atoms with Crippen molar-refractivity contribution in [2.45, 2.75) is 45.2 Å². The van der Waals surface area contributed by atoms with Crippen LogP contribution in [0.15, 0.2) is 0 Å². The van der Waals surface area contributed by atoms with E-state index in [1.807, 2.05) is 0 Å². The third kappa shape index (κ3) is 9.63. The molecule has 0 saturated heterocycles. The van der Waals surface area contributed by atoms with Crippen LogP contribution in [-0.2, 0) is 0 Å². The summed E-state index contributed by atoms with van der Waals surface area (Å²) in [5.41, 5.74) is 0. The fourth-order valence-electron chi connectivity index (χ4n) is 0.750. The summed E-state index contributed by atoms with van der Waals surface area (Å²) in [5.74, 6) is 0. The van der Waals surface area contributed by atoms with Gasteiger partial charge in [-0.3, -0.25) is 0 Å². The maximum Gasteiger partial charge on any atom is 0.291 e. The van der Waals surface area contributed by atoms with Gasteiger partial charge in [-0.15, -0.1) is 19.4 Å². The lowest BCUT2D eigenvalue weighted by atomic mass is 9.99. The van der Waals surface area contributed by atoms with Gasteiger partial charge in [0.25, 0.3) is 5.09 Å². The second kappa shape index (κ2) is 7.29. The molecule has 0 aliphatic heterocycles. The van der Waals surface area contributed by atoms with E-state index in [2.05, 4.69) is 30.0 Å². The van der Waals surface area contributed by atoms with Crippen LogP contribution in [-0.4, -0.2) is 15.4 Å². The second-order valence-corrected chi connectivity index (χ2v) is 3.89. The second-order valence-electron chi connectivity index (χ2n) is 2.66. The van der Waals surface area contributed by atoms with Crippen LogP contribution in [0.2, 0.25) is 0 Å². The van der Waals surface area contributed by atoms with Gasteiger partial charge in [0, 0.05) is 0 Å². The van der Waals surface area contributed by atoms with Gasteiger partial charge in [-0.25, -0.2) is 0 Å². The monoisotopic (exact) mass is 195 g/mol. The molecule has 12 heavy (non-hydrogen) atoms. The average Bonchev–Trinajstić information content (AvgIpc) is 2.02. The molecule has 0 amide bonds. The van der Waals surface area contributed by atoms with E-state index in [1.54, 1.807) is 0 Å². The Bertz CT molecular complexity index is 114. The summed E-state index contributed by atoms with van der Waals surface area (Å²) in [6, 6.07) is 0. The SMILES string of the molecule is CCC(P)(CC)CC.O=[N+]([O-])O. The van der Waals surface area contributed by atoms with Crippen molar-refractivity contribution in [3.05, 3.63) is 10.1 Å². The number of nitrogens with zero attached hydrogens (tertiary/aromatic N) is 1. The summed E-state index contributed by atoms with van der Waals surface area (Å²) >= 11 is 0. The Morgan fingerprint density at radius 1 is 1.33 bits per heavy atom. The van der Waals surface area contributed by atoms with Crippen molar-refractivity contribution in [1.29, 1.82) is 0 Å². The minimum absolute atomic E-state index is 0.542. The van der Waals surface area contributed by atoms with E-state index in [0.717, 1.165) is 0 Å². The highest BCUT2D eigenvalue weighted by Crippen LogP contribution is 2.29. The minimum Gasteiger partial charge on any atom is -0.328 e. The molecule has 0 spiro atoms. The summed E-state index contributed by atoms with van der Waals surface area (Å²) in [4.78, 5) is 8.36. The molecule has 0 radical (unpaired) electrons. The molecule has 0 rings (SSSR count). The molecular formula is C7H18NO3P. The third-order valence-corrected chi connectivity index (χ3v) is 3.34. The Morgan fingerprint density at radius 2 is 1.50 bits per heavy atom. The van der Waals surface area contributed by atoms with Crippen molar-refractivity contribution >= 4 is 9.24 Å². The Hall–Kier alpha value is -0.370. The standard InChI is InChI=1S/C7H17P.HNO3/c1-4-7(8,5-2)6-3;2-1(3)4/h4-6,8H2,1-3H3;(H,2,3,4). The van der Waals surface area contributed by atoms with E-state index >= 15 is 0 Å². The van der Waals surface area contributed by atoms with Crippen molar-refractivity contribution in [1.82, 2.24) is 0 Å². The van der Waals surface area contributed by atoms with E-state index in [1.165, 1.54) is 19.3 Å². The van der Waals surface area contributed by atoms with Gasteiger partial charge in [-0.05, 0) is 24.4 Å². The molecule has 0 aromatic carbocycles. The van der Waals surface area contributed by atoms with Crippen molar-refractivity contribution in [3.8, 4) is 0 Å². The highest BCUT2D eigenvalue weighted by Gasteiger charge is 2.15. The van der Waals surface area contributed by atoms with Crippen LogP contribution in [0.25, 0.3) is 0 Å². The Morgan fingerprint density at radius 3 is 1.50 bits per heavy atom. The van der Waals surface area contributed by atoms with Gasteiger partial charge in [0.2, 0.25) is 0 Å². The third-order valence-electron chi connectivity index (χ3n) is 2.11. The zero-order valence-corrected chi connectivity index (χ0v) is 9.06. The van der Waals surface area contributed by atoms with Gasteiger partial charge in [-0.2, -0.15) is 0 Å². The smallest absolute Gasteiger partial charge is 0.291 e. The first-order valence-corrected chi connectivity index (χ1v) is 4.61. The molecule has 74 valence electrons. The van der Waals surface area contributed by atoms with Gasteiger partial charge >= 0.3 is 0 Å². The molecule has 5 heteroatoms. The minimum atomic E-state index is -1.50. The first-order chi connectivity index (χ1) is 5.41. The molecule has 4 nitrogen and oxygen atoms in total. The van der Waals surface area contributed by atoms with Crippen molar-refractivity contribution < 1.29 is 10.3 Å². The van der Waals surface area contributed by atoms with Crippen LogP contribution in [0.5, 0.6) is 0 Å². The molecule has 1 unspecified atom stereocenters. The van der Waals surface area contributed by atoms with E-state index < -0.39 is 5.09 Å². The first kappa shape index (κ1) is 14.2. The van der Waals surface area contributed by atoms with Gasteiger partial charge in [0.1, 0.15) is 0 Å². The first-order valence-electron chi connectivity index (χ1n) is 4.04. The quantitative estimate of drug-likeness (QED) is 0.427. The fraction of sp³-hybridized carbons (Fsp3) is 1.00. The van der Waals surface area contributed by atoms with Crippen LogP contribution in [0.4, 0.5) is 0 Å². The Balaban J connectivity index is 0. The molecule has 1 atom stereocenters. The van der Waals surface area contributed by atoms with Gasteiger partial charge in [-0.1, -0.05) is 20.8 Å². The maximum absolute atomic E-state index is 8.36. The summed E-state index contributed by atoms with van der Waals surface area (Å²) in [6.45, 7) is 6.75. The lowest BCUT2D eigenvalue weighted by molar-refractivity contribution is -0.742. The fourth-order valence-corrected chi connectivity index (χ4v) is 0.750. The summed E-state index contributed by atoms with van der Waals surface area (Å²) < 4.78 is 0. The zero-order valence-electron chi connectivity index (χ0n) is 7.91. The van der Waals surface area contributed by atoms with E-state index in [-0.39, 0.29) is 0 Å². The van der Waals surface area contributed by atoms with Crippen LogP contribution in [0.1, 0.15) is 40.0 Å². The molecular weight excluding hydrogens is 177 g/mol. The lowest BCUT2D eigenvalue weighted by Crippen LogP contribution is -2.15. The molecule has 0 aliphatic carbocycles. The Kier molecular flexibility index (Phi) is 8.61. The maximum atomic E-state index is 8.36. The van der Waals surface area contributed by atoms with Crippen molar-refractivity contribution in [2.75, 3.05) is 0 Å². The largest absolute Gasteiger partial charge is 0.328 e. The van der Waals surface area contributed by atoms with Gasteiger partial charge in [0.05, 0.1) is 0 Å². The summed E-state index contributed by atoms with van der Waals surface area (Å²) in [7, 11) is 2.94. The number of rotatable bonds is 3. The molecule has 0 fully saturated rings. The van der Waals surface area contributed by atoms with Crippen LogP contribution in [0, 0.1) is 10.1 Å². The van der Waals surface area contributed by atoms with E-state index in [9.17, 15) is 0 Å². The van der Waals surface area contributed by atoms with Crippen LogP contribution >= 0.6 is 9.24 Å². The molecule has 0 aromatic rings. The normalized spacial score (nSPS) is 10.0. The van der Waals surface area contributed by atoms with E-state index in [0.29, 0.717) is 5.16 Å². The average molecular weight is 195 g/mol. The molecule has 0 heterocycles. The van der Waals surface area contributed by atoms with Crippen LogP contribution < -0.4 is 0 Å². The highest BCUT2D eigenvalue weighted by molar-refractivity contribution is 7.18.